The Morgan fingerprint density at radius 1 is 1.04 bits per heavy atom. The van der Waals surface area contributed by atoms with E-state index in [4.69, 9.17) is 0 Å². The predicted octanol–water partition coefficient (Wildman–Crippen LogP) is 4.91. The van der Waals surface area contributed by atoms with Crippen LogP contribution in [0.2, 0.25) is 0 Å². The standard InChI is InChI=1S/C20H27NO2S/c1-5-16-14-18(13-15(4)20(16)24(22,23)7-3)21-19(6-2)17-11-9-8-10-12-17/h8-14,19,21H,5-7H2,1-4H3. The van der Waals surface area contributed by atoms with Gasteiger partial charge in [-0.15, -0.1) is 0 Å². The van der Waals surface area contributed by atoms with E-state index in [1.807, 2.05) is 44.2 Å². The van der Waals surface area contributed by atoms with E-state index < -0.39 is 9.84 Å². The molecule has 1 N–H and O–H groups in total. The van der Waals surface area contributed by atoms with E-state index in [0.717, 1.165) is 23.2 Å². The molecule has 2 rings (SSSR count). The molecule has 1 atom stereocenters. The monoisotopic (exact) mass is 345 g/mol. The van der Waals surface area contributed by atoms with Crippen LogP contribution in [0.5, 0.6) is 0 Å². The number of hydrogen-bond donors (Lipinski definition) is 1. The van der Waals surface area contributed by atoms with Crippen LogP contribution in [-0.2, 0) is 16.3 Å². The van der Waals surface area contributed by atoms with E-state index in [1.54, 1.807) is 6.92 Å². The molecule has 0 aromatic heterocycles. The highest BCUT2D eigenvalue weighted by Crippen LogP contribution is 2.29. The molecule has 1 unspecified atom stereocenters. The smallest absolute Gasteiger partial charge is 0.178 e. The fourth-order valence-corrected chi connectivity index (χ4v) is 4.53. The number of aryl methyl sites for hydroxylation is 2. The Balaban J connectivity index is 2.40. The molecular formula is C20H27NO2S. The van der Waals surface area contributed by atoms with Crippen LogP contribution in [0.15, 0.2) is 47.4 Å². The van der Waals surface area contributed by atoms with Crippen molar-refractivity contribution in [3.8, 4) is 0 Å². The lowest BCUT2D eigenvalue weighted by Crippen LogP contribution is -2.13. The van der Waals surface area contributed by atoms with E-state index in [2.05, 4.69) is 24.4 Å². The number of sulfone groups is 1. The lowest BCUT2D eigenvalue weighted by atomic mass is 10.0. The second-order valence-electron chi connectivity index (χ2n) is 6.05. The summed E-state index contributed by atoms with van der Waals surface area (Å²) in [6.45, 7) is 7.73. The summed E-state index contributed by atoms with van der Waals surface area (Å²) < 4.78 is 24.8. The molecule has 0 aliphatic heterocycles. The second kappa shape index (κ2) is 7.84. The maximum Gasteiger partial charge on any atom is 0.178 e. The van der Waals surface area contributed by atoms with Crippen molar-refractivity contribution in [1.82, 2.24) is 0 Å². The van der Waals surface area contributed by atoms with Crippen LogP contribution in [0.3, 0.4) is 0 Å². The minimum Gasteiger partial charge on any atom is -0.378 e. The molecule has 0 spiro atoms. The summed E-state index contributed by atoms with van der Waals surface area (Å²) in [6.07, 6.45) is 1.66. The first-order valence-electron chi connectivity index (χ1n) is 8.60. The van der Waals surface area contributed by atoms with Crippen molar-refractivity contribution < 1.29 is 8.42 Å². The van der Waals surface area contributed by atoms with Gasteiger partial charge in [0.05, 0.1) is 16.7 Å². The van der Waals surface area contributed by atoms with Crippen molar-refractivity contribution in [2.75, 3.05) is 11.1 Å². The lowest BCUT2D eigenvalue weighted by Gasteiger charge is -2.21. The highest BCUT2D eigenvalue weighted by molar-refractivity contribution is 7.91. The van der Waals surface area contributed by atoms with E-state index >= 15 is 0 Å². The molecular weight excluding hydrogens is 318 g/mol. The van der Waals surface area contributed by atoms with Crippen molar-refractivity contribution in [1.29, 1.82) is 0 Å². The Morgan fingerprint density at radius 2 is 1.71 bits per heavy atom. The number of rotatable bonds is 7. The Labute approximate surface area is 146 Å². The second-order valence-corrected chi connectivity index (χ2v) is 8.27. The van der Waals surface area contributed by atoms with Gasteiger partial charge in [0.2, 0.25) is 0 Å². The number of benzene rings is 2. The van der Waals surface area contributed by atoms with Crippen LogP contribution in [0.4, 0.5) is 5.69 Å². The molecule has 0 aliphatic rings. The predicted molar refractivity (Wildman–Crippen MR) is 101 cm³/mol. The Kier molecular flexibility index (Phi) is 6.05. The number of hydrogen-bond acceptors (Lipinski definition) is 3. The van der Waals surface area contributed by atoms with Crippen LogP contribution < -0.4 is 5.32 Å². The minimum absolute atomic E-state index is 0.134. The van der Waals surface area contributed by atoms with Crippen molar-refractivity contribution in [2.24, 2.45) is 0 Å². The van der Waals surface area contributed by atoms with E-state index in [9.17, 15) is 8.42 Å². The molecule has 2 aromatic rings. The fraction of sp³-hybridized carbons (Fsp3) is 0.400. The normalized spacial score (nSPS) is 12.8. The summed E-state index contributed by atoms with van der Waals surface area (Å²) in [5, 5.41) is 3.56. The summed E-state index contributed by atoms with van der Waals surface area (Å²) in [6, 6.07) is 14.5. The average molecular weight is 346 g/mol. The lowest BCUT2D eigenvalue weighted by molar-refractivity contribution is 0.595. The van der Waals surface area contributed by atoms with Gasteiger partial charge in [-0.3, -0.25) is 0 Å². The quantitative estimate of drug-likeness (QED) is 0.775. The van der Waals surface area contributed by atoms with Gasteiger partial charge >= 0.3 is 0 Å². The van der Waals surface area contributed by atoms with Crippen molar-refractivity contribution in [3.63, 3.8) is 0 Å². The first-order valence-corrected chi connectivity index (χ1v) is 10.3. The molecule has 130 valence electrons. The Bertz CT molecular complexity index is 783. The summed E-state index contributed by atoms with van der Waals surface area (Å²) >= 11 is 0. The summed E-state index contributed by atoms with van der Waals surface area (Å²) in [7, 11) is -3.20. The Hall–Kier alpha value is -1.81. The Morgan fingerprint density at radius 3 is 2.25 bits per heavy atom. The van der Waals surface area contributed by atoms with E-state index in [-0.39, 0.29) is 11.8 Å². The fourth-order valence-electron chi connectivity index (χ4n) is 3.09. The van der Waals surface area contributed by atoms with Crippen LogP contribution in [0.25, 0.3) is 0 Å². The molecule has 0 fully saturated rings. The molecule has 0 saturated heterocycles. The molecule has 0 bridgehead atoms. The van der Waals surface area contributed by atoms with Gasteiger partial charge in [-0.2, -0.15) is 0 Å². The highest BCUT2D eigenvalue weighted by atomic mass is 32.2. The maximum absolute atomic E-state index is 12.4. The van der Waals surface area contributed by atoms with Gasteiger partial charge in [-0.25, -0.2) is 8.42 Å². The van der Waals surface area contributed by atoms with Gasteiger partial charge in [-0.05, 0) is 48.6 Å². The van der Waals surface area contributed by atoms with Gasteiger partial charge in [0.1, 0.15) is 0 Å². The summed E-state index contributed by atoms with van der Waals surface area (Å²) in [5.41, 5.74) is 3.93. The molecule has 0 saturated carbocycles. The average Bonchev–Trinajstić information content (AvgIpc) is 2.59. The zero-order valence-electron chi connectivity index (χ0n) is 15.0. The van der Waals surface area contributed by atoms with Crippen molar-refractivity contribution in [2.45, 2.75) is 51.5 Å². The maximum atomic E-state index is 12.4. The number of nitrogens with one attached hydrogen (secondary N) is 1. The molecule has 0 radical (unpaired) electrons. The zero-order chi connectivity index (χ0) is 17.7. The first-order chi connectivity index (χ1) is 11.4. The molecule has 0 aliphatic carbocycles. The molecule has 4 heteroatoms. The molecule has 24 heavy (non-hydrogen) atoms. The van der Waals surface area contributed by atoms with Gasteiger partial charge in [-0.1, -0.05) is 51.1 Å². The molecule has 0 heterocycles. The summed E-state index contributed by atoms with van der Waals surface area (Å²) in [5.74, 6) is 0.134. The van der Waals surface area contributed by atoms with Crippen molar-refractivity contribution in [3.05, 3.63) is 59.2 Å². The zero-order valence-corrected chi connectivity index (χ0v) is 15.8. The first kappa shape index (κ1) is 18.5. The third kappa shape index (κ3) is 3.99. The van der Waals surface area contributed by atoms with Gasteiger partial charge in [0, 0.05) is 5.69 Å². The van der Waals surface area contributed by atoms with E-state index in [1.165, 1.54) is 5.56 Å². The molecule has 0 amide bonds. The SMILES string of the molecule is CCc1cc(NC(CC)c2ccccc2)cc(C)c1S(=O)(=O)CC. The van der Waals surface area contributed by atoms with Gasteiger partial charge in [0.25, 0.3) is 0 Å². The topological polar surface area (TPSA) is 46.2 Å². The number of anilines is 1. The van der Waals surface area contributed by atoms with Gasteiger partial charge < -0.3 is 5.32 Å². The largest absolute Gasteiger partial charge is 0.378 e. The van der Waals surface area contributed by atoms with Crippen molar-refractivity contribution >= 4 is 15.5 Å². The molecule has 3 nitrogen and oxygen atoms in total. The minimum atomic E-state index is -3.20. The van der Waals surface area contributed by atoms with Crippen LogP contribution in [0, 0.1) is 6.92 Å². The van der Waals surface area contributed by atoms with Crippen LogP contribution in [0.1, 0.15) is 49.9 Å². The third-order valence-corrected chi connectivity index (χ3v) is 6.34. The third-order valence-electron chi connectivity index (χ3n) is 4.37. The summed E-state index contributed by atoms with van der Waals surface area (Å²) in [4.78, 5) is 0.505. The van der Waals surface area contributed by atoms with Crippen LogP contribution in [-0.4, -0.2) is 14.2 Å². The van der Waals surface area contributed by atoms with E-state index in [0.29, 0.717) is 11.3 Å². The van der Waals surface area contributed by atoms with Crippen LogP contribution >= 0.6 is 0 Å². The van der Waals surface area contributed by atoms with Gasteiger partial charge in [0.15, 0.2) is 9.84 Å². The molecule has 2 aromatic carbocycles. The highest BCUT2D eigenvalue weighted by Gasteiger charge is 2.20.